The maximum Gasteiger partial charge on any atom is 0.338 e. The van der Waals surface area contributed by atoms with E-state index in [9.17, 15) is 4.79 Å². The van der Waals surface area contributed by atoms with Crippen molar-refractivity contribution in [1.29, 1.82) is 0 Å². The van der Waals surface area contributed by atoms with Gasteiger partial charge in [-0.25, -0.2) is 14.8 Å². The average molecular weight is 437 g/mol. The van der Waals surface area contributed by atoms with E-state index in [2.05, 4.69) is 23.8 Å². The van der Waals surface area contributed by atoms with E-state index in [1.165, 1.54) is 69.8 Å². The summed E-state index contributed by atoms with van der Waals surface area (Å²) in [5, 5.41) is 0. The predicted molar refractivity (Wildman–Crippen MR) is 131 cm³/mol. The lowest BCUT2D eigenvalue weighted by Gasteiger charge is -2.28. The quantitative estimate of drug-likeness (QED) is 0.254. The molecule has 174 valence electrons. The molecule has 1 saturated carbocycles. The Hall–Kier alpha value is -2.23. The van der Waals surface area contributed by atoms with E-state index in [0.717, 1.165) is 30.7 Å². The van der Waals surface area contributed by atoms with Crippen LogP contribution in [0.1, 0.15) is 107 Å². The molecule has 0 spiro atoms. The van der Waals surface area contributed by atoms with E-state index in [4.69, 9.17) is 4.74 Å². The number of hydrogen-bond donors (Lipinski definition) is 0. The Labute approximate surface area is 194 Å². The highest BCUT2D eigenvalue weighted by atomic mass is 16.5. The number of unbranched alkanes of at least 4 members (excludes halogenated alkanes) is 5. The summed E-state index contributed by atoms with van der Waals surface area (Å²) in [7, 11) is 0. The first kappa shape index (κ1) is 24.4. The van der Waals surface area contributed by atoms with Crippen molar-refractivity contribution in [3.63, 3.8) is 0 Å². The third kappa shape index (κ3) is 7.72. The summed E-state index contributed by atoms with van der Waals surface area (Å²) in [5.41, 5.74) is 2.72. The third-order valence-electron chi connectivity index (χ3n) is 6.69. The molecule has 0 atom stereocenters. The highest BCUT2D eigenvalue weighted by Crippen LogP contribution is 2.30. The van der Waals surface area contributed by atoms with Gasteiger partial charge in [0.15, 0.2) is 5.82 Å². The van der Waals surface area contributed by atoms with Crippen LogP contribution in [0.15, 0.2) is 36.7 Å². The van der Waals surface area contributed by atoms with E-state index in [0.29, 0.717) is 11.4 Å². The molecule has 0 amide bonds. The summed E-state index contributed by atoms with van der Waals surface area (Å²) in [6.07, 6.45) is 19.6. The van der Waals surface area contributed by atoms with Gasteiger partial charge >= 0.3 is 5.97 Å². The molecule has 4 nitrogen and oxygen atoms in total. The number of benzene rings is 1. The van der Waals surface area contributed by atoms with Gasteiger partial charge in [0.05, 0.1) is 5.56 Å². The zero-order chi connectivity index (χ0) is 22.6. The van der Waals surface area contributed by atoms with Gasteiger partial charge in [-0.15, -0.1) is 0 Å². The molecule has 0 radical (unpaired) electrons. The molecule has 0 unspecified atom stereocenters. The molecule has 0 saturated heterocycles. The number of hydrogen-bond acceptors (Lipinski definition) is 4. The molecule has 0 aliphatic heterocycles. The minimum absolute atomic E-state index is 0.0675. The van der Waals surface area contributed by atoms with Crippen LogP contribution in [-0.4, -0.2) is 22.0 Å². The van der Waals surface area contributed by atoms with Crippen LogP contribution < -0.4 is 0 Å². The summed E-state index contributed by atoms with van der Waals surface area (Å²) in [5.74, 6) is 1.30. The smallest absolute Gasteiger partial charge is 0.338 e. The maximum atomic E-state index is 12.6. The summed E-state index contributed by atoms with van der Waals surface area (Å²) in [6.45, 7) is 4.48. The number of esters is 1. The predicted octanol–water partition coefficient (Wildman–Crippen LogP) is 7.56. The van der Waals surface area contributed by atoms with E-state index in [1.807, 2.05) is 36.7 Å². The molecule has 4 heteroatoms. The lowest BCUT2D eigenvalue weighted by atomic mass is 9.84. The molecular formula is C28H40N2O2. The topological polar surface area (TPSA) is 52.1 Å². The number of ether oxygens (including phenoxy) is 1. The number of rotatable bonds is 12. The van der Waals surface area contributed by atoms with Crippen molar-refractivity contribution in [1.82, 2.24) is 9.97 Å². The molecule has 1 aliphatic rings. The van der Waals surface area contributed by atoms with Crippen molar-refractivity contribution in [2.45, 2.75) is 103 Å². The molecule has 0 N–H and O–H groups in total. The molecule has 2 aromatic rings. The molecule has 3 rings (SSSR count). The molecule has 1 aromatic heterocycles. The van der Waals surface area contributed by atoms with Crippen molar-refractivity contribution >= 4 is 5.97 Å². The monoisotopic (exact) mass is 436 g/mol. The Kier molecular flexibility index (Phi) is 10.2. The zero-order valence-electron chi connectivity index (χ0n) is 20.0. The van der Waals surface area contributed by atoms with Crippen molar-refractivity contribution in [2.75, 3.05) is 0 Å². The fourth-order valence-corrected chi connectivity index (χ4v) is 4.57. The van der Waals surface area contributed by atoms with Crippen LogP contribution in [0.5, 0.6) is 0 Å². The Bertz CT molecular complexity index is 793. The average Bonchev–Trinajstić information content (AvgIpc) is 2.84. The third-order valence-corrected chi connectivity index (χ3v) is 6.69. The Balaban J connectivity index is 1.45. The van der Waals surface area contributed by atoms with Crippen LogP contribution in [0, 0.1) is 5.92 Å². The molecule has 1 aliphatic carbocycles. The Morgan fingerprint density at radius 3 is 2.19 bits per heavy atom. The first-order valence-corrected chi connectivity index (χ1v) is 12.8. The van der Waals surface area contributed by atoms with Crippen LogP contribution in [-0.2, 0) is 11.2 Å². The molecule has 0 bridgehead atoms. The van der Waals surface area contributed by atoms with Crippen molar-refractivity contribution in [3.05, 3.63) is 47.8 Å². The Morgan fingerprint density at radius 2 is 1.53 bits per heavy atom. The SMILES string of the molecule is CCCCCCCc1cnc(-c2ccc(C(=O)O[C@H]3CC[C@H](CCCC)CC3)cc2)nc1. The van der Waals surface area contributed by atoms with Crippen LogP contribution in [0.25, 0.3) is 11.4 Å². The van der Waals surface area contributed by atoms with Gasteiger partial charge in [0.2, 0.25) is 0 Å². The van der Waals surface area contributed by atoms with Crippen molar-refractivity contribution in [2.24, 2.45) is 5.92 Å². The molecule has 1 heterocycles. The second-order valence-corrected chi connectivity index (χ2v) is 9.35. The van der Waals surface area contributed by atoms with Gasteiger partial charge in [-0.3, -0.25) is 0 Å². The lowest BCUT2D eigenvalue weighted by Crippen LogP contribution is -2.24. The number of carbonyl (C=O) groups excluding carboxylic acids is 1. The molecule has 1 aromatic carbocycles. The van der Waals surface area contributed by atoms with Crippen molar-refractivity contribution < 1.29 is 9.53 Å². The second kappa shape index (κ2) is 13.3. The normalized spacial score (nSPS) is 18.4. The van der Waals surface area contributed by atoms with E-state index < -0.39 is 0 Å². The fourth-order valence-electron chi connectivity index (χ4n) is 4.57. The first-order valence-electron chi connectivity index (χ1n) is 12.8. The molecule has 32 heavy (non-hydrogen) atoms. The molecular weight excluding hydrogens is 396 g/mol. The van der Waals surface area contributed by atoms with E-state index in [-0.39, 0.29) is 12.1 Å². The van der Waals surface area contributed by atoms with Crippen molar-refractivity contribution in [3.8, 4) is 11.4 Å². The summed E-state index contributed by atoms with van der Waals surface area (Å²) < 4.78 is 5.78. The minimum Gasteiger partial charge on any atom is -0.459 e. The van der Waals surface area contributed by atoms with Crippen LogP contribution in [0.4, 0.5) is 0 Å². The van der Waals surface area contributed by atoms with E-state index in [1.54, 1.807) is 0 Å². The molecule has 1 fully saturated rings. The number of aryl methyl sites for hydroxylation is 1. The number of carbonyl (C=O) groups is 1. The summed E-state index contributed by atoms with van der Waals surface area (Å²) in [6, 6.07) is 7.49. The van der Waals surface area contributed by atoms with Gasteiger partial charge in [0.25, 0.3) is 0 Å². The lowest BCUT2D eigenvalue weighted by molar-refractivity contribution is 0.0161. The van der Waals surface area contributed by atoms with Gasteiger partial charge in [0, 0.05) is 18.0 Å². The van der Waals surface area contributed by atoms with Gasteiger partial charge in [-0.1, -0.05) is 70.9 Å². The number of nitrogens with zero attached hydrogens (tertiary/aromatic N) is 2. The first-order chi connectivity index (χ1) is 15.7. The largest absolute Gasteiger partial charge is 0.459 e. The second-order valence-electron chi connectivity index (χ2n) is 9.35. The summed E-state index contributed by atoms with van der Waals surface area (Å²) in [4.78, 5) is 21.6. The summed E-state index contributed by atoms with van der Waals surface area (Å²) >= 11 is 0. The number of aromatic nitrogens is 2. The standard InChI is InChI=1S/C28H40N2O2/c1-3-5-7-8-9-11-23-20-29-27(30-21-23)24-14-16-25(17-15-24)28(31)32-26-18-12-22(13-19-26)10-6-4-2/h14-17,20-22,26H,3-13,18-19H2,1-2H3/t22-,26-. The highest BCUT2D eigenvalue weighted by molar-refractivity contribution is 5.90. The highest BCUT2D eigenvalue weighted by Gasteiger charge is 2.24. The zero-order valence-corrected chi connectivity index (χ0v) is 20.0. The van der Waals surface area contributed by atoms with Gasteiger partial charge in [-0.2, -0.15) is 0 Å². The van der Waals surface area contributed by atoms with Crippen LogP contribution in [0.2, 0.25) is 0 Å². The fraction of sp³-hybridized carbons (Fsp3) is 0.607. The maximum absolute atomic E-state index is 12.6. The Morgan fingerprint density at radius 1 is 0.875 bits per heavy atom. The minimum atomic E-state index is -0.215. The van der Waals surface area contributed by atoms with Crippen LogP contribution in [0.3, 0.4) is 0 Å². The van der Waals surface area contributed by atoms with Gasteiger partial charge < -0.3 is 4.74 Å². The van der Waals surface area contributed by atoms with E-state index >= 15 is 0 Å². The van der Waals surface area contributed by atoms with Gasteiger partial charge in [-0.05, 0) is 62.1 Å². The van der Waals surface area contributed by atoms with Gasteiger partial charge in [0.1, 0.15) is 6.10 Å². The van der Waals surface area contributed by atoms with Crippen LogP contribution >= 0.6 is 0 Å².